The molecular weight excluding hydrogens is 442 g/mol. The first-order chi connectivity index (χ1) is 11.6. The van der Waals surface area contributed by atoms with Crippen LogP contribution in [0, 0.1) is 11.8 Å². The second kappa shape index (κ2) is 16.7. The first-order valence-corrected chi connectivity index (χ1v) is 10.0. The number of aliphatic carboxylic acids is 2. The number of hydrogen-bond acceptors (Lipinski definition) is 2. The first-order valence-electron chi connectivity index (χ1n) is 10.0. The third-order valence-electron chi connectivity index (χ3n) is 5.46. The topological polar surface area (TPSA) is 74.6 Å². The molecule has 0 aromatic heterocycles. The van der Waals surface area contributed by atoms with E-state index in [0.29, 0.717) is 12.8 Å². The average Bonchev–Trinajstić information content (AvgIpc) is 2.57. The maximum absolute atomic E-state index is 10.2. The van der Waals surface area contributed by atoms with Crippen LogP contribution in [0.5, 0.6) is 0 Å². The Labute approximate surface area is 193 Å². The van der Waals surface area contributed by atoms with E-state index in [0.717, 1.165) is 37.5 Å². The van der Waals surface area contributed by atoms with E-state index in [1.54, 1.807) is 0 Å². The van der Waals surface area contributed by atoms with E-state index in [1.807, 2.05) is 0 Å². The van der Waals surface area contributed by atoms with Gasteiger partial charge in [0.2, 0.25) is 0 Å². The zero-order valence-electron chi connectivity index (χ0n) is 15.9. The van der Waals surface area contributed by atoms with E-state index in [-0.39, 0.29) is 48.9 Å². The molecule has 4 nitrogen and oxygen atoms in total. The molecule has 5 heteroatoms. The van der Waals surface area contributed by atoms with Gasteiger partial charge in [-0.15, -0.1) is 0 Å². The van der Waals surface area contributed by atoms with Crippen molar-refractivity contribution in [3.05, 3.63) is 0 Å². The maximum atomic E-state index is 10.2. The van der Waals surface area contributed by atoms with Crippen LogP contribution in [0.3, 0.4) is 0 Å². The van der Waals surface area contributed by atoms with Gasteiger partial charge in [0.05, 0.1) is 0 Å². The molecule has 2 rings (SSSR count). The second-order valence-electron chi connectivity index (χ2n) is 7.58. The minimum absolute atomic E-state index is 0. The maximum Gasteiger partial charge on any atom is 0.303 e. The van der Waals surface area contributed by atoms with Crippen LogP contribution in [0.25, 0.3) is 0 Å². The molecule has 2 aliphatic carbocycles. The van der Waals surface area contributed by atoms with Crippen molar-refractivity contribution in [2.75, 3.05) is 0 Å². The summed E-state index contributed by atoms with van der Waals surface area (Å²) < 4.78 is 0. The van der Waals surface area contributed by atoms with Crippen molar-refractivity contribution in [2.45, 2.75) is 103 Å². The van der Waals surface area contributed by atoms with Crippen molar-refractivity contribution in [3.8, 4) is 0 Å². The number of carbonyl (C=O) groups is 2. The van der Waals surface area contributed by atoms with Crippen LogP contribution in [0.4, 0.5) is 0 Å². The SMILES string of the molecule is O=C(O)CCCC1CCCCC1.O=C(O)CCCC1CCCCC1.[Ba]. The molecule has 0 aliphatic heterocycles. The number of hydrogen-bond donors (Lipinski definition) is 2. The molecular formula is C20H36BaO4. The van der Waals surface area contributed by atoms with Crippen LogP contribution >= 0.6 is 0 Å². The molecule has 2 aliphatic rings. The van der Waals surface area contributed by atoms with Crippen molar-refractivity contribution in [2.24, 2.45) is 11.8 Å². The average molecular weight is 478 g/mol. The van der Waals surface area contributed by atoms with E-state index in [4.69, 9.17) is 10.2 Å². The van der Waals surface area contributed by atoms with E-state index in [1.165, 1.54) is 64.2 Å². The van der Waals surface area contributed by atoms with E-state index in [9.17, 15) is 9.59 Å². The van der Waals surface area contributed by atoms with Crippen LogP contribution in [-0.4, -0.2) is 71.0 Å². The number of carboxylic acids is 2. The molecule has 2 N–H and O–H groups in total. The van der Waals surface area contributed by atoms with Gasteiger partial charge in [-0.1, -0.05) is 64.2 Å². The smallest absolute Gasteiger partial charge is 0.303 e. The largest absolute Gasteiger partial charge is 0.481 e. The predicted molar refractivity (Wildman–Crippen MR) is 102 cm³/mol. The van der Waals surface area contributed by atoms with Gasteiger partial charge in [0, 0.05) is 61.7 Å². The van der Waals surface area contributed by atoms with Gasteiger partial charge in [-0.05, 0) is 37.5 Å². The summed E-state index contributed by atoms with van der Waals surface area (Å²) in [5.41, 5.74) is 0. The molecule has 0 spiro atoms. The van der Waals surface area contributed by atoms with Crippen molar-refractivity contribution in [3.63, 3.8) is 0 Å². The van der Waals surface area contributed by atoms with E-state index < -0.39 is 11.9 Å². The molecule has 0 aromatic carbocycles. The van der Waals surface area contributed by atoms with Gasteiger partial charge >= 0.3 is 11.9 Å². The van der Waals surface area contributed by atoms with E-state index in [2.05, 4.69) is 0 Å². The summed E-state index contributed by atoms with van der Waals surface area (Å²) in [4.78, 5) is 20.5. The molecule has 25 heavy (non-hydrogen) atoms. The van der Waals surface area contributed by atoms with Gasteiger partial charge in [-0.25, -0.2) is 0 Å². The fourth-order valence-electron chi connectivity index (χ4n) is 4.04. The Kier molecular flexibility index (Phi) is 17.0. The second-order valence-corrected chi connectivity index (χ2v) is 7.58. The van der Waals surface area contributed by atoms with Crippen molar-refractivity contribution in [1.82, 2.24) is 0 Å². The van der Waals surface area contributed by atoms with Gasteiger partial charge in [-0.2, -0.15) is 0 Å². The Hall–Kier alpha value is 0.511. The molecule has 0 atom stereocenters. The number of rotatable bonds is 8. The zero-order chi connectivity index (χ0) is 17.6. The van der Waals surface area contributed by atoms with Crippen LogP contribution in [0.1, 0.15) is 103 Å². The minimum atomic E-state index is -0.647. The molecule has 0 saturated heterocycles. The third-order valence-corrected chi connectivity index (χ3v) is 5.46. The summed E-state index contributed by atoms with van der Waals surface area (Å²) in [5.74, 6) is 0.368. The Morgan fingerprint density at radius 1 is 0.640 bits per heavy atom. The number of carboxylic acid groups (broad SMARTS) is 2. The first kappa shape index (κ1) is 25.5. The Morgan fingerprint density at radius 3 is 1.24 bits per heavy atom. The van der Waals surface area contributed by atoms with E-state index >= 15 is 0 Å². The summed E-state index contributed by atoms with van der Waals surface area (Å²) in [7, 11) is 0. The quantitative estimate of drug-likeness (QED) is 0.467. The van der Waals surface area contributed by atoms with Crippen LogP contribution in [-0.2, 0) is 9.59 Å². The Morgan fingerprint density at radius 2 is 0.960 bits per heavy atom. The van der Waals surface area contributed by atoms with Crippen molar-refractivity contribution >= 4 is 60.8 Å². The monoisotopic (exact) mass is 478 g/mol. The van der Waals surface area contributed by atoms with Crippen LogP contribution in [0.15, 0.2) is 0 Å². The molecule has 2 saturated carbocycles. The Bertz CT molecular complexity index is 314. The van der Waals surface area contributed by atoms with Crippen molar-refractivity contribution < 1.29 is 19.8 Å². The van der Waals surface area contributed by atoms with Crippen LogP contribution < -0.4 is 0 Å². The third kappa shape index (κ3) is 15.3. The van der Waals surface area contributed by atoms with Crippen LogP contribution in [0.2, 0.25) is 0 Å². The van der Waals surface area contributed by atoms with Crippen molar-refractivity contribution in [1.29, 1.82) is 0 Å². The molecule has 2 fully saturated rings. The van der Waals surface area contributed by atoms with Gasteiger partial charge < -0.3 is 10.2 Å². The summed E-state index contributed by atoms with van der Waals surface area (Å²) in [6.07, 6.45) is 18.3. The Balaban J connectivity index is 0.000000443. The minimum Gasteiger partial charge on any atom is -0.481 e. The molecule has 0 aromatic rings. The molecule has 0 unspecified atom stereocenters. The summed E-state index contributed by atoms with van der Waals surface area (Å²) in [6.45, 7) is 0. The summed E-state index contributed by atoms with van der Waals surface area (Å²) >= 11 is 0. The molecule has 0 amide bonds. The predicted octanol–water partition coefficient (Wildman–Crippen LogP) is 5.26. The fraction of sp³-hybridized carbons (Fsp3) is 0.900. The van der Waals surface area contributed by atoms with Gasteiger partial charge in [-0.3, -0.25) is 9.59 Å². The zero-order valence-corrected chi connectivity index (χ0v) is 20.3. The van der Waals surface area contributed by atoms with Gasteiger partial charge in [0.15, 0.2) is 0 Å². The summed E-state index contributed by atoms with van der Waals surface area (Å²) in [5, 5.41) is 16.9. The molecule has 0 heterocycles. The standard InChI is InChI=1S/2C10H18O2.Ba/c2*11-10(12)8-4-7-9-5-2-1-3-6-9;/h2*9H,1-8H2,(H,11,12);. The summed E-state index contributed by atoms with van der Waals surface area (Å²) in [6, 6.07) is 0. The fourth-order valence-corrected chi connectivity index (χ4v) is 4.04. The molecule has 2 radical (unpaired) electrons. The molecule has 142 valence electrons. The molecule has 0 bridgehead atoms. The normalized spacial score (nSPS) is 18.6. The van der Waals surface area contributed by atoms with Gasteiger partial charge in [0.1, 0.15) is 0 Å². The van der Waals surface area contributed by atoms with Gasteiger partial charge in [0.25, 0.3) is 0 Å².